The van der Waals surface area contributed by atoms with E-state index in [-0.39, 0.29) is 12.1 Å². The second-order valence-electron chi connectivity index (χ2n) is 8.05. The molecule has 0 aromatic heterocycles. The number of ether oxygens (including phenoxy) is 3. The highest BCUT2D eigenvalue weighted by atomic mass is 79.9. The van der Waals surface area contributed by atoms with E-state index in [4.69, 9.17) is 14.2 Å². The van der Waals surface area contributed by atoms with Gasteiger partial charge >= 0.3 is 0 Å². The molecule has 6 nitrogen and oxygen atoms in total. The number of hydrogen-bond donors (Lipinski definition) is 1. The molecule has 0 saturated heterocycles. The number of nitriles is 1. The Morgan fingerprint density at radius 2 is 1.78 bits per heavy atom. The quantitative estimate of drug-likeness (QED) is 0.158. The van der Waals surface area contributed by atoms with Crippen molar-refractivity contribution in [3.63, 3.8) is 0 Å². The summed E-state index contributed by atoms with van der Waals surface area (Å²) in [6, 6.07) is 20.9. The van der Waals surface area contributed by atoms with Gasteiger partial charge in [0.25, 0.3) is 5.91 Å². The molecule has 3 aromatic carbocycles. The van der Waals surface area contributed by atoms with Crippen LogP contribution in [0, 0.1) is 11.3 Å². The van der Waals surface area contributed by atoms with Crippen molar-refractivity contribution in [1.29, 1.82) is 5.26 Å². The van der Waals surface area contributed by atoms with Gasteiger partial charge < -0.3 is 19.5 Å². The molecule has 0 atom stereocenters. The van der Waals surface area contributed by atoms with Gasteiger partial charge in [-0.3, -0.25) is 4.79 Å². The van der Waals surface area contributed by atoms with Gasteiger partial charge in [-0.05, 0) is 72.5 Å². The smallest absolute Gasteiger partial charge is 0.262 e. The fourth-order valence-corrected chi connectivity index (χ4v) is 3.84. The third-order valence-corrected chi connectivity index (χ3v) is 5.93. The molecular weight excluding hydrogens is 532 g/mol. The molecule has 190 valence electrons. The highest BCUT2D eigenvalue weighted by Crippen LogP contribution is 2.35. The highest BCUT2D eigenvalue weighted by molar-refractivity contribution is 9.10. The molecule has 0 heterocycles. The Morgan fingerprint density at radius 3 is 2.41 bits per heavy atom. The number of amides is 1. The molecule has 0 spiro atoms. The summed E-state index contributed by atoms with van der Waals surface area (Å²) in [4.78, 5) is 12.7. The van der Waals surface area contributed by atoms with Crippen LogP contribution in [0.3, 0.4) is 0 Å². The number of halogens is 1. The first-order valence-electron chi connectivity index (χ1n) is 11.8. The van der Waals surface area contributed by atoms with Gasteiger partial charge in [-0.1, -0.05) is 46.3 Å². The Bertz CT molecular complexity index is 1290. The fourth-order valence-electron chi connectivity index (χ4n) is 3.57. The van der Waals surface area contributed by atoms with E-state index in [1.807, 2.05) is 67.6 Å². The number of nitrogens with zero attached hydrogens (tertiary/aromatic N) is 1. The van der Waals surface area contributed by atoms with Crippen LogP contribution in [0.1, 0.15) is 29.2 Å². The molecule has 7 heteroatoms. The minimum atomic E-state index is -0.461. The second kappa shape index (κ2) is 13.9. The lowest BCUT2D eigenvalue weighted by Gasteiger charge is -2.17. The monoisotopic (exact) mass is 560 g/mol. The fraction of sp³-hybridized carbons (Fsp3) is 0.200. The number of benzene rings is 3. The van der Waals surface area contributed by atoms with Crippen LogP contribution in [0.5, 0.6) is 17.2 Å². The summed E-state index contributed by atoms with van der Waals surface area (Å²) in [6.07, 6.45) is 3.86. The Morgan fingerprint density at radius 1 is 1.08 bits per heavy atom. The lowest BCUT2D eigenvalue weighted by molar-refractivity contribution is -0.117. The zero-order valence-corrected chi connectivity index (χ0v) is 22.5. The third kappa shape index (κ3) is 7.99. The number of methoxy groups -OCH3 is 1. The van der Waals surface area contributed by atoms with Gasteiger partial charge in [-0.2, -0.15) is 5.26 Å². The summed E-state index contributed by atoms with van der Waals surface area (Å²) < 4.78 is 18.2. The molecule has 0 aliphatic heterocycles. The highest BCUT2D eigenvalue weighted by Gasteiger charge is 2.15. The molecule has 0 aliphatic rings. The predicted molar refractivity (Wildman–Crippen MR) is 148 cm³/mol. The van der Waals surface area contributed by atoms with Crippen molar-refractivity contribution >= 4 is 27.9 Å². The van der Waals surface area contributed by atoms with Crippen molar-refractivity contribution in [3.8, 4) is 23.3 Å². The Hall–Kier alpha value is -4.02. The molecule has 37 heavy (non-hydrogen) atoms. The van der Waals surface area contributed by atoms with Gasteiger partial charge in [0.05, 0.1) is 13.7 Å². The first-order valence-corrected chi connectivity index (χ1v) is 12.6. The van der Waals surface area contributed by atoms with Crippen LogP contribution in [-0.4, -0.2) is 19.6 Å². The zero-order valence-electron chi connectivity index (χ0n) is 20.9. The van der Waals surface area contributed by atoms with E-state index in [2.05, 4.69) is 27.8 Å². The number of carbonyl (C=O) groups is 1. The summed E-state index contributed by atoms with van der Waals surface area (Å²) in [6.45, 7) is 6.84. The Kier molecular flexibility index (Phi) is 10.4. The average molecular weight is 561 g/mol. The molecule has 0 unspecified atom stereocenters. The minimum absolute atomic E-state index is 0.0101. The van der Waals surface area contributed by atoms with E-state index < -0.39 is 5.91 Å². The standard InChI is InChI=1S/C30H29BrN2O4/c1-4-6-24-15-23(16-25(18-32)30(34)33-19-21-9-13-27(35-3)14-10-21)17-28(36-5-2)29(24)37-20-22-7-11-26(31)12-8-22/h4,7-17H,1,5-6,19-20H2,2-3H3,(H,33,34)/b25-16-. The van der Waals surface area contributed by atoms with Crippen LogP contribution >= 0.6 is 15.9 Å². The van der Waals surface area contributed by atoms with Crippen molar-refractivity contribution in [1.82, 2.24) is 5.32 Å². The van der Waals surface area contributed by atoms with Gasteiger partial charge in [0.15, 0.2) is 11.5 Å². The summed E-state index contributed by atoms with van der Waals surface area (Å²) in [5.41, 5.74) is 3.40. The maximum absolute atomic E-state index is 12.7. The van der Waals surface area contributed by atoms with E-state index in [0.29, 0.717) is 36.7 Å². The SMILES string of the molecule is C=CCc1cc(/C=C(/C#N)C(=O)NCc2ccc(OC)cc2)cc(OCC)c1OCc1ccc(Br)cc1. The van der Waals surface area contributed by atoms with Crippen LogP contribution in [0.15, 0.2) is 83.4 Å². The molecule has 1 amide bonds. The average Bonchev–Trinajstić information content (AvgIpc) is 2.91. The lowest BCUT2D eigenvalue weighted by atomic mass is 10.0. The Balaban J connectivity index is 1.83. The normalized spacial score (nSPS) is 10.8. The maximum Gasteiger partial charge on any atom is 0.262 e. The summed E-state index contributed by atoms with van der Waals surface area (Å²) in [5, 5.41) is 12.5. The first-order chi connectivity index (χ1) is 18.0. The van der Waals surface area contributed by atoms with E-state index >= 15 is 0 Å². The van der Waals surface area contributed by atoms with Crippen molar-refractivity contribution in [2.24, 2.45) is 0 Å². The largest absolute Gasteiger partial charge is 0.497 e. The maximum atomic E-state index is 12.7. The molecule has 0 fully saturated rings. The Labute approximate surface area is 226 Å². The van der Waals surface area contributed by atoms with E-state index in [1.54, 1.807) is 25.3 Å². The summed E-state index contributed by atoms with van der Waals surface area (Å²) in [5.74, 6) is 1.43. The van der Waals surface area contributed by atoms with Gasteiger partial charge in [-0.15, -0.1) is 6.58 Å². The second-order valence-corrected chi connectivity index (χ2v) is 8.96. The van der Waals surface area contributed by atoms with Gasteiger partial charge in [0.1, 0.15) is 24.0 Å². The van der Waals surface area contributed by atoms with E-state index in [0.717, 1.165) is 26.9 Å². The van der Waals surface area contributed by atoms with E-state index in [1.165, 1.54) is 0 Å². The molecule has 0 saturated carbocycles. The zero-order chi connectivity index (χ0) is 26.6. The van der Waals surface area contributed by atoms with E-state index in [9.17, 15) is 10.1 Å². The van der Waals surface area contributed by atoms with Gasteiger partial charge in [-0.25, -0.2) is 0 Å². The molecule has 1 N–H and O–H groups in total. The molecule has 0 aliphatic carbocycles. The van der Waals surface area contributed by atoms with Crippen LogP contribution in [0.25, 0.3) is 6.08 Å². The van der Waals surface area contributed by atoms with Gasteiger partial charge in [0, 0.05) is 16.6 Å². The molecule has 0 bridgehead atoms. The summed E-state index contributed by atoms with van der Waals surface area (Å²) >= 11 is 3.44. The minimum Gasteiger partial charge on any atom is -0.497 e. The van der Waals surface area contributed by atoms with Crippen LogP contribution < -0.4 is 19.5 Å². The van der Waals surface area contributed by atoms with Gasteiger partial charge in [0.2, 0.25) is 0 Å². The van der Waals surface area contributed by atoms with Crippen molar-refractivity contribution in [3.05, 3.63) is 106 Å². The molecule has 0 radical (unpaired) electrons. The van der Waals surface area contributed by atoms with Crippen molar-refractivity contribution < 1.29 is 19.0 Å². The topological polar surface area (TPSA) is 80.6 Å². The number of nitrogens with one attached hydrogen (secondary N) is 1. The van der Waals surface area contributed by atoms with Crippen molar-refractivity contribution in [2.75, 3.05) is 13.7 Å². The van der Waals surface area contributed by atoms with Crippen LogP contribution in [0.2, 0.25) is 0 Å². The molecule has 3 rings (SSSR count). The number of carbonyl (C=O) groups excluding carboxylic acids is 1. The van der Waals surface area contributed by atoms with Crippen molar-refractivity contribution in [2.45, 2.75) is 26.5 Å². The number of allylic oxidation sites excluding steroid dienone is 1. The first kappa shape index (κ1) is 27.6. The summed E-state index contributed by atoms with van der Waals surface area (Å²) in [7, 11) is 1.60. The predicted octanol–water partition coefficient (Wildman–Crippen LogP) is 6.39. The molecule has 3 aromatic rings. The van der Waals surface area contributed by atoms with Crippen LogP contribution in [-0.2, 0) is 24.4 Å². The molecular formula is C30H29BrN2O4. The third-order valence-electron chi connectivity index (χ3n) is 5.40. The van der Waals surface area contributed by atoms with Crippen LogP contribution in [0.4, 0.5) is 0 Å². The number of rotatable bonds is 12. The lowest BCUT2D eigenvalue weighted by Crippen LogP contribution is -2.23. The number of hydrogen-bond acceptors (Lipinski definition) is 5.